The smallest absolute Gasteiger partial charge is 0.270 e. The minimum atomic E-state index is -3.81. The van der Waals surface area contributed by atoms with Crippen molar-refractivity contribution in [3.05, 3.63) is 75.3 Å². The van der Waals surface area contributed by atoms with E-state index in [1.54, 1.807) is 0 Å². The van der Waals surface area contributed by atoms with E-state index in [2.05, 4.69) is 43.1 Å². The fourth-order valence-corrected chi connectivity index (χ4v) is 5.40. The van der Waals surface area contributed by atoms with E-state index in [0.717, 1.165) is 22.9 Å². The highest BCUT2D eigenvalue weighted by Crippen LogP contribution is 2.27. The third-order valence-corrected chi connectivity index (χ3v) is 7.89. The largest absolute Gasteiger partial charge is 0.352 e. The highest BCUT2D eigenvalue weighted by atomic mass is 32.2. The van der Waals surface area contributed by atoms with Crippen molar-refractivity contribution in [2.45, 2.75) is 25.7 Å². The summed E-state index contributed by atoms with van der Waals surface area (Å²) >= 11 is 0. The Morgan fingerprint density at radius 3 is 2.21 bits per heavy atom. The lowest BCUT2D eigenvalue weighted by Crippen LogP contribution is -2.49. The molecule has 0 unspecified atom stereocenters. The molecule has 2 heterocycles. The number of nitro groups is 1. The lowest BCUT2D eigenvalue weighted by molar-refractivity contribution is -0.385. The molecule has 0 spiro atoms. The Morgan fingerprint density at radius 2 is 1.58 bits per heavy atom. The Labute approximate surface area is 192 Å². The fraction of sp³-hybridized carbons (Fsp3) is 0.304. The number of hydrogen-bond acceptors (Lipinski definition) is 7. The van der Waals surface area contributed by atoms with Crippen molar-refractivity contribution in [3.8, 4) is 11.3 Å². The zero-order valence-corrected chi connectivity index (χ0v) is 19.5. The van der Waals surface area contributed by atoms with Crippen LogP contribution in [0.2, 0.25) is 0 Å². The maximum Gasteiger partial charge on any atom is 0.270 e. The molecule has 10 heteroatoms. The molecule has 1 aliphatic rings. The molecule has 1 aliphatic heterocycles. The average molecular weight is 468 g/mol. The van der Waals surface area contributed by atoms with Crippen LogP contribution < -0.4 is 4.90 Å². The molecule has 9 nitrogen and oxygen atoms in total. The van der Waals surface area contributed by atoms with E-state index in [9.17, 15) is 18.5 Å². The van der Waals surface area contributed by atoms with Crippen molar-refractivity contribution in [1.29, 1.82) is 0 Å². The highest BCUT2D eigenvalue weighted by molar-refractivity contribution is 7.89. The second kappa shape index (κ2) is 8.87. The Morgan fingerprint density at radius 1 is 0.879 bits per heavy atom. The molecular formula is C23H25N5O4S. The van der Waals surface area contributed by atoms with Crippen molar-refractivity contribution < 1.29 is 13.3 Å². The van der Waals surface area contributed by atoms with Crippen LogP contribution in [0, 0.1) is 30.9 Å². The number of nitro benzene ring substituents is 1. The standard InChI is InChI=1S/C23H25N5O4S/c1-16-13-18(3)21(14-17(16)2)22-7-8-23(25-24-22)26-9-11-27(12-10-26)33(31,32)20-6-4-5-19(15-20)28(29)30/h4-8,13-15H,9-12H2,1-3H3. The third kappa shape index (κ3) is 4.57. The van der Waals surface area contributed by atoms with Crippen LogP contribution in [0.25, 0.3) is 11.3 Å². The molecule has 0 N–H and O–H groups in total. The fourth-order valence-electron chi connectivity index (χ4n) is 3.94. The van der Waals surface area contributed by atoms with Gasteiger partial charge in [-0.15, -0.1) is 10.2 Å². The summed E-state index contributed by atoms with van der Waals surface area (Å²) in [5.74, 6) is 0.688. The summed E-state index contributed by atoms with van der Waals surface area (Å²) in [4.78, 5) is 12.3. The summed E-state index contributed by atoms with van der Waals surface area (Å²) in [6, 6.07) is 13.2. The number of aromatic nitrogens is 2. The van der Waals surface area contributed by atoms with Gasteiger partial charge in [-0.2, -0.15) is 4.31 Å². The molecule has 0 aliphatic carbocycles. The summed E-state index contributed by atoms with van der Waals surface area (Å²) in [5, 5.41) is 19.8. The minimum Gasteiger partial charge on any atom is -0.352 e. The normalized spacial score (nSPS) is 14.9. The van der Waals surface area contributed by atoms with Crippen LogP contribution in [0.5, 0.6) is 0 Å². The van der Waals surface area contributed by atoms with Gasteiger partial charge in [0.25, 0.3) is 5.69 Å². The molecule has 0 atom stereocenters. The van der Waals surface area contributed by atoms with Crippen LogP contribution in [0.3, 0.4) is 0 Å². The van der Waals surface area contributed by atoms with Crippen LogP contribution >= 0.6 is 0 Å². The van der Waals surface area contributed by atoms with Gasteiger partial charge in [-0.25, -0.2) is 8.42 Å². The Kier molecular flexibility index (Phi) is 6.13. The van der Waals surface area contributed by atoms with Gasteiger partial charge in [0.1, 0.15) is 0 Å². The molecule has 1 fully saturated rings. The van der Waals surface area contributed by atoms with E-state index in [4.69, 9.17) is 0 Å². The van der Waals surface area contributed by atoms with Gasteiger partial charge < -0.3 is 4.90 Å². The molecule has 0 saturated carbocycles. The number of piperazine rings is 1. The van der Waals surface area contributed by atoms with Gasteiger partial charge in [0.05, 0.1) is 15.5 Å². The number of aryl methyl sites for hydroxylation is 3. The van der Waals surface area contributed by atoms with Gasteiger partial charge >= 0.3 is 0 Å². The summed E-state index contributed by atoms with van der Waals surface area (Å²) in [5.41, 5.74) is 5.17. The summed E-state index contributed by atoms with van der Waals surface area (Å²) < 4.78 is 27.2. The van der Waals surface area contributed by atoms with Crippen LogP contribution in [-0.4, -0.2) is 54.0 Å². The van der Waals surface area contributed by atoms with Crippen LogP contribution in [0.4, 0.5) is 11.5 Å². The number of benzene rings is 2. The summed E-state index contributed by atoms with van der Waals surface area (Å²) in [6.07, 6.45) is 0. The maximum atomic E-state index is 12.9. The maximum absolute atomic E-state index is 12.9. The molecule has 4 rings (SSSR count). The monoisotopic (exact) mass is 467 g/mol. The molecule has 1 aromatic heterocycles. The first-order valence-electron chi connectivity index (χ1n) is 10.6. The predicted octanol–water partition coefficient (Wildman–Crippen LogP) is 3.49. The van der Waals surface area contributed by atoms with Crippen molar-refractivity contribution in [2.75, 3.05) is 31.1 Å². The Bertz CT molecular complexity index is 1300. The van der Waals surface area contributed by atoms with Crippen molar-refractivity contribution >= 4 is 21.5 Å². The lowest BCUT2D eigenvalue weighted by Gasteiger charge is -2.34. The van der Waals surface area contributed by atoms with Crippen LogP contribution in [0.1, 0.15) is 16.7 Å². The first kappa shape index (κ1) is 22.8. The number of non-ortho nitro benzene ring substituents is 1. The van der Waals surface area contributed by atoms with E-state index in [0.29, 0.717) is 18.9 Å². The van der Waals surface area contributed by atoms with Gasteiger partial charge in [-0.3, -0.25) is 10.1 Å². The molecule has 0 radical (unpaired) electrons. The predicted molar refractivity (Wildman–Crippen MR) is 126 cm³/mol. The Balaban J connectivity index is 1.46. The zero-order valence-electron chi connectivity index (χ0n) is 18.7. The second-order valence-corrected chi connectivity index (χ2v) is 10.1. The molecule has 172 valence electrons. The van der Waals surface area contributed by atoms with E-state index in [1.165, 1.54) is 33.6 Å². The zero-order chi connectivity index (χ0) is 23.8. The van der Waals surface area contributed by atoms with Gasteiger partial charge in [0, 0.05) is 43.9 Å². The molecule has 0 amide bonds. The molecule has 0 bridgehead atoms. The summed E-state index contributed by atoms with van der Waals surface area (Å²) in [7, 11) is -3.81. The first-order chi connectivity index (χ1) is 15.7. The number of rotatable bonds is 5. The Hall–Kier alpha value is -3.37. The average Bonchev–Trinajstić information content (AvgIpc) is 2.82. The van der Waals surface area contributed by atoms with E-state index in [1.807, 2.05) is 17.0 Å². The van der Waals surface area contributed by atoms with E-state index in [-0.39, 0.29) is 23.7 Å². The number of nitrogens with zero attached hydrogens (tertiary/aromatic N) is 5. The molecular weight excluding hydrogens is 442 g/mol. The van der Waals surface area contributed by atoms with Gasteiger partial charge in [-0.1, -0.05) is 12.1 Å². The topological polar surface area (TPSA) is 110 Å². The number of hydrogen-bond donors (Lipinski definition) is 0. The highest BCUT2D eigenvalue weighted by Gasteiger charge is 2.30. The van der Waals surface area contributed by atoms with Crippen molar-refractivity contribution in [2.24, 2.45) is 0 Å². The molecule has 1 saturated heterocycles. The van der Waals surface area contributed by atoms with Gasteiger partial charge in [0.15, 0.2) is 5.82 Å². The molecule has 3 aromatic rings. The van der Waals surface area contributed by atoms with Crippen molar-refractivity contribution in [3.63, 3.8) is 0 Å². The van der Waals surface area contributed by atoms with Crippen LogP contribution in [-0.2, 0) is 10.0 Å². The van der Waals surface area contributed by atoms with Gasteiger partial charge in [-0.05, 0) is 61.7 Å². The van der Waals surface area contributed by atoms with E-state index < -0.39 is 14.9 Å². The summed E-state index contributed by atoms with van der Waals surface area (Å²) in [6.45, 7) is 7.62. The first-order valence-corrected chi connectivity index (χ1v) is 12.0. The minimum absolute atomic E-state index is 0.0712. The SMILES string of the molecule is Cc1cc(C)c(-c2ccc(N3CCN(S(=O)(=O)c4cccc([N+](=O)[O-])c4)CC3)nn2)cc1C. The lowest BCUT2D eigenvalue weighted by atomic mass is 9.99. The third-order valence-electron chi connectivity index (χ3n) is 6.00. The molecule has 2 aromatic carbocycles. The number of anilines is 1. The second-order valence-electron chi connectivity index (χ2n) is 8.17. The van der Waals surface area contributed by atoms with Gasteiger partial charge in [0.2, 0.25) is 10.0 Å². The quantitative estimate of drug-likeness (QED) is 0.417. The number of sulfonamides is 1. The van der Waals surface area contributed by atoms with Crippen molar-refractivity contribution in [1.82, 2.24) is 14.5 Å². The van der Waals surface area contributed by atoms with E-state index >= 15 is 0 Å². The molecule has 33 heavy (non-hydrogen) atoms. The van der Waals surface area contributed by atoms with Crippen LogP contribution in [0.15, 0.2) is 53.4 Å².